The number of aliphatic hydroxyl groups excluding tert-OH is 1. The van der Waals surface area contributed by atoms with Gasteiger partial charge in [-0.05, 0) is 25.7 Å². The van der Waals surface area contributed by atoms with Gasteiger partial charge in [0.2, 0.25) is 0 Å². The molecule has 0 saturated carbocycles. The smallest absolute Gasteiger partial charge is 0.327 e. The first-order chi connectivity index (χ1) is 10.9. The summed E-state index contributed by atoms with van der Waals surface area (Å²) >= 11 is 0. The fraction of sp³-hybridized carbons (Fsp3) is 0.833. The van der Waals surface area contributed by atoms with E-state index in [1.165, 1.54) is 6.08 Å². The van der Waals surface area contributed by atoms with Crippen molar-refractivity contribution in [3.05, 3.63) is 12.2 Å². The Labute approximate surface area is 140 Å². The van der Waals surface area contributed by atoms with Crippen molar-refractivity contribution in [3.63, 3.8) is 0 Å². The van der Waals surface area contributed by atoms with Crippen molar-refractivity contribution in [2.75, 3.05) is 0 Å². The number of rotatable bonds is 15. The molecule has 0 fully saturated rings. The Bertz CT molecular complexity index is 325. The van der Waals surface area contributed by atoms with Gasteiger partial charge in [-0.1, -0.05) is 57.9 Å². The zero-order chi connectivity index (χ0) is 17.6. The highest BCUT2D eigenvalue weighted by atomic mass is 16.5. The van der Waals surface area contributed by atoms with E-state index in [1.807, 2.05) is 6.92 Å². The molecule has 0 aliphatic rings. The zero-order valence-corrected chi connectivity index (χ0v) is 14.4. The molecule has 0 bridgehead atoms. The molecule has 0 aliphatic heterocycles. The fourth-order valence-electron chi connectivity index (χ4n) is 2.51. The number of hydrogen-bond acceptors (Lipinski definition) is 4. The van der Waals surface area contributed by atoms with Crippen LogP contribution in [0.15, 0.2) is 12.2 Å². The Kier molecular flexibility index (Phi) is 13.0. The normalized spacial score (nSPS) is 13.6. The lowest BCUT2D eigenvalue weighted by molar-refractivity contribution is -0.230. The van der Waals surface area contributed by atoms with Crippen LogP contribution < -0.4 is 0 Å². The average Bonchev–Trinajstić information content (AvgIpc) is 2.49. The monoisotopic (exact) mass is 330 g/mol. The molecule has 0 spiro atoms. The summed E-state index contributed by atoms with van der Waals surface area (Å²) in [6, 6.07) is 0. The third kappa shape index (κ3) is 13.2. The Morgan fingerprint density at radius 2 is 1.57 bits per heavy atom. The van der Waals surface area contributed by atoms with Gasteiger partial charge < -0.3 is 20.4 Å². The number of carboxylic acids is 1. The Hall–Kier alpha value is -0.910. The minimum Gasteiger partial charge on any atom is -0.478 e. The first-order valence-corrected chi connectivity index (χ1v) is 8.92. The molecule has 0 heterocycles. The average molecular weight is 330 g/mol. The van der Waals surface area contributed by atoms with Crippen LogP contribution in [0.5, 0.6) is 0 Å². The molecule has 0 aromatic heterocycles. The Balaban J connectivity index is 3.49. The van der Waals surface area contributed by atoms with E-state index in [4.69, 9.17) is 5.11 Å². The molecule has 5 heteroatoms. The SMILES string of the molecule is CCCCC(O)C(O)(O)CCCCCCCCC/C=C/C(=O)O. The summed E-state index contributed by atoms with van der Waals surface area (Å²) in [5.74, 6) is -2.85. The predicted molar refractivity (Wildman–Crippen MR) is 91.0 cm³/mol. The fourth-order valence-corrected chi connectivity index (χ4v) is 2.51. The highest BCUT2D eigenvalue weighted by Gasteiger charge is 2.31. The van der Waals surface area contributed by atoms with Crippen LogP contribution in [-0.4, -0.2) is 38.3 Å². The topological polar surface area (TPSA) is 98.0 Å². The van der Waals surface area contributed by atoms with Gasteiger partial charge in [0.1, 0.15) is 6.10 Å². The van der Waals surface area contributed by atoms with E-state index < -0.39 is 17.9 Å². The van der Waals surface area contributed by atoms with Crippen LogP contribution in [-0.2, 0) is 4.79 Å². The summed E-state index contributed by atoms with van der Waals surface area (Å²) in [6.45, 7) is 2.01. The highest BCUT2D eigenvalue weighted by molar-refractivity contribution is 5.79. The molecular formula is C18H34O5. The van der Waals surface area contributed by atoms with Crippen LogP contribution in [0, 0.1) is 0 Å². The number of hydrogen-bond donors (Lipinski definition) is 4. The van der Waals surface area contributed by atoms with Crippen molar-refractivity contribution in [2.45, 2.75) is 95.9 Å². The van der Waals surface area contributed by atoms with Gasteiger partial charge >= 0.3 is 5.97 Å². The third-order valence-electron chi connectivity index (χ3n) is 4.04. The molecular weight excluding hydrogens is 296 g/mol. The van der Waals surface area contributed by atoms with Crippen molar-refractivity contribution < 1.29 is 25.2 Å². The van der Waals surface area contributed by atoms with Gasteiger partial charge in [0.25, 0.3) is 0 Å². The number of carbonyl (C=O) groups is 1. The van der Waals surface area contributed by atoms with E-state index >= 15 is 0 Å². The van der Waals surface area contributed by atoms with Crippen molar-refractivity contribution in [1.29, 1.82) is 0 Å². The predicted octanol–water partition coefficient (Wildman–Crippen LogP) is 3.37. The molecule has 0 radical (unpaired) electrons. The van der Waals surface area contributed by atoms with E-state index in [9.17, 15) is 20.1 Å². The number of aliphatic carboxylic acids is 1. The molecule has 23 heavy (non-hydrogen) atoms. The summed E-state index contributed by atoms with van der Waals surface area (Å²) in [6.07, 6.45) is 12.0. The standard InChI is InChI=1S/C18H34O5/c1-2-3-13-16(19)18(22,23)15-12-10-8-6-4-5-7-9-11-14-17(20)21/h11,14,16,19,22-23H,2-10,12-13,15H2,1H3,(H,20,21)/b14-11+. The maximum absolute atomic E-state index is 10.3. The number of allylic oxidation sites excluding steroid dienone is 1. The maximum Gasteiger partial charge on any atom is 0.327 e. The molecule has 0 amide bonds. The van der Waals surface area contributed by atoms with Crippen LogP contribution in [0.4, 0.5) is 0 Å². The van der Waals surface area contributed by atoms with Crippen LogP contribution in [0.25, 0.3) is 0 Å². The van der Waals surface area contributed by atoms with Gasteiger partial charge in [-0.15, -0.1) is 0 Å². The zero-order valence-electron chi connectivity index (χ0n) is 14.4. The Morgan fingerprint density at radius 3 is 2.13 bits per heavy atom. The third-order valence-corrected chi connectivity index (χ3v) is 4.04. The number of unbranched alkanes of at least 4 members (excludes halogenated alkanes) is 8. The van der Waals surface area contributed by atoms with Gasteiger partial charge in [0, 0.05) is 12.5 Å². The molecule has 0 rings (SSSR count). The van der Waals surface area contributed by atoms with E-state index in [1.54, 1.807) is 6.08 Å². The van der Waals surface area contributed by atoms with Crippen LogP contribution >= 0.6 is 0 Å². The molecule has 5 nitrogen and oxygen atoms in total. The molecule has 136 valence electrons. The summed E-state index contributed by atoms with van der Waals surface area (Å²) in [4.78, 5) is 10.3. The van der Waals surface area contributed by atoms with Crippen molar-refractivity contribution in [1.82, 2.24) is 0 Å². The maximum atomic E-state index is 10.3. The van der Waals surface area contributed by atoms with Gasteiger partial charge in [-0.25, -0.2) is 4.79 Å². The summed E-state index contributed by atoms with van der Waals surface area (Å²) < 4.78 is 0. The van der Waals surface area contributed by atoms with E-state index in [-0.39, 0.29) is 6.42 Å². The molecule has 1 atom stereocenters. The Morgan fingerprint density at radius 1 is 1.00 bits per heavy atom. The molecule has 0 aliphatic carbocycles. The summed E-state index contributed by atoms with van der Waals surface area (Å²) in [5.41, 5.74) is 0. The van der Waals surface area contributed by atoms with E-state index in [0.717, 1.165) is 57.8 Å². The highest BCUT2D eigenvalue weighted by Crippen LogP contribution is 2.21. The van der Waals surface area contributed by atoms with Gasteiger partial charge in [0.15, 0.2) is 5.79 Å². The second-order valence-electron chi connectivity index (χ2n) is 6.29. The van der Waals surface area contributed by atoms with E-state index in [2.05, 4.69) is 0 Å². The minimum atomic E-state index is -1.95. The first kappa shape index (κ1) is 22.1. The lowest BCUT2D eigenvalue weighted by Crippen LogP contribution is -2.42. The van der Waals surface area contributed by atoms with Crippen molar-refractivity contribution in [3.8, 4) is 0 Å². The molecule has 4 N–H and O–H groups in total. The molecule has 0 saturated heterocycles. The second-order valence-corrected chi connectivity index (χ2v) is 6.29. The van der Waals surface area contributed by atoms with Crippen LogP contribution in [0.1, 0.15) is 84.0 Å². The van der Waals surface area contributed by atoms with Crippen molar-refractivity contribution in [2.24, 2.45) is 0 Å². The molecule has 1 unspecified atom stereocenters. The summed E-state index contributed by atoms with van der Waals surface area (Å²) in [5, 5.41) is 37.8. The quantitative estimate of drug-likeness (QED) is 0.210. The largest absolute Gasteiger partial charge is 0.478 e. The van der Waals surface area contributed by atoms with Gasteiger partial charge in [-0.3, -0.25) is 0 Å². The number of aliphatic hydroxyl groups is 3. The van der Waals surface area contributed by atoms with Gasteiger partial charge in [-0.2, -0.15) is 0 Å². The lowest BCUT2D eigenvalue weighted by Gasteiger charge is -2.27. The van der Waals surface area contributed by atoms with Crippen LogP contribution in [0.3, 0.4) is 0 Å². The van der Waals surface area contributed by atoms with Crippen LogP contribution in [0.2, 0.25) is 0 Å². The van der Waals surface area contributed by atoms with E-state index in [0.29, 0.717) is 12.8 Å². The lowest BCUT2D eigenvalue weighted by atomic mass is 9.97. The second kappa shape index (κ2) is 13.5. The summed E-state index contributed by atoms with van der Waals surface area (Å²) in [7, 11) is 0. The minimum absolute atomic E-state index is 0.220. The number of carboxylic acid groups (broad SMARTS) is 1. The van der Waals surface area contributed by atoms with Gasteiger partial charge in [0.05, 0.1) is 0 Å². The molecule has 0 aromatic carbocycles. The van der Waals surface area contributed by atoms with Crippen molar-refractivity contribution >= 4 is 5.97 Å². The first-order valence-electron chi connectivity index (χ1n) is 8.92. The molecule has 0 aromatic rings.